The molecule has 7 heteroatoms. The molecule has 1 amide bonds. The SMILES string of the molecule is Nc1ncc(C(=O)N2CC(Oc3ccccc3Cl)C2)cc1Cl. The highest BCUT2D eigenvalue weighted by Crippen LogP contribution is 2.27. The Bertz CT molecular complexity index is 718. The highest BCUT2D eigenvalue weighted by Gasteiger charge is 2.33. The summed E-state index contributed by atoms with van der Waals surface area (Å²) < 4.78 is 5.75. The number of halogens is 2. The zero-order valence-electron chi connectivity index (χ0n) is 11.5. The van der Waals surface area contributed by atoms with E-state index >= 15 is 0 Å². The van der Waals surface area contributed by atoms with Gasteiger partial charge in [-0.15, -0.1) is 0 Å². The Labute approximate surface area is 137 Å². The summed E-state index contributed by atoms with van der Waals surface area (Å²) in [6.45, 7) is 0.984. The first-order valence-electron chi connectivity index (χ1n) is 6.66. The summed E-state index contributed by atoms with van der Waals surface area (Å²) in [7, 11) is 0. The van der Waals surface area contributed by atoms with Crippen LogP contribution in [0.15, 0.2) is 36.5 Å². The van der Waals surface area contributed by atoms with Gasteiger partial charge in [-0.2, -0.15) is 0 Å². The summed E-state index contributed by atoms with van der Waals surface area (Å²) >= 11 is 11.9. The van der Waals surface area contributed by atoms with Crippen LogP contribution in [0.1, 0.15) is 10.4 Å². The summed E-state index contributed by atoms with van der Waals surface area (Å²) in [6, 6.07) is 8.78. The van der Waals surface area contributed by atoms with Crippen LogP contribution in [0.5, 0.6) is 5.75 Å². The van der Waals surface area contributed by atoms with Crippen molar-refractivity contribution in [2.75, 3.05) is 18.8 Å². The second kappa shape index (κ2) is 6.02. The van der Waals surface area contributed by atoms with Crippen molar-refractivity contribution in [1.29, 1.82) is 0 Å². The zero-order chi connectivity index (χ0) is 15.7. The molecule has 0 saturated carbocycles. The number of nitrogens with zero attached hydrogens (tertiary/aromatic N) is 2. The van der Waals surface area contributed by atoms with Crippen LogP contribution < -0.4 is 10.5 Å². The Morgan fingerprint density at radius 2 is 2.00 bits per heavy atom. The van der Waals surface area contributed by atoms with Gasteiger partial charge in [0.05, 0.1) is 28.7 Å². The number of carbonyl (C=O) groups is 1. The van der Waals surface area contributed by atoms with Crippen LogP contribution in [0.25, 0.3) is 0 Å². The van der Waals surface area contributed by atoms with E-state index in [1.165, 1.54) is 12.3 Å². The van der Waals surface area contributed by atoms with Gasteiger partial charge in [0.1, 0.15) is 17.7 Å². The van der Waals surface area contributed by atoms with Crippen molar-refractivity contribution in [2.24, 2.45) is 0 Å². The topological polar surface area (TPSA) is 68.5 Å². The molecule has 1 aliphatic heterocycles. The standard InChI is InChI=1S/C15H13Cl2N3O2/c16-11-3-1-2-4-13(11)22-10-7-20(8-10)15(21)9-5-12(17)14(18)19-6-9/h1-6,10H,7-8H2,(H2,18,19). The van der Waals surface area contributed by atoms with E-state index in [1.807, 2.05) is 12.1 Å². The lowest BCUT2D eigenvalue weighted by Gasteiger charge is -2.39. The number of hydrogen-bond donors (Lipinski definition) is 1. The molecule has 1 aromatic carbocycles. The maximum absolute atomic E-state index is 12.3. The number of amides is 1. The summed E-state index contributed by atoms with van der Waals surface area (Å²) in [5.41, 5.74) is 5.95. The van der Waals surface area contributed by atoms with Crippen LogP contribution >= 0.6 is 23.2 Å². The fourth-order valence-electron chi connectivity index (χ4n) is 2.15. The number of rotatable bonds is 3. The van der Waals surface area contributed by atoms with E-state index in [4.69, 9.17) is 33.7 Å². The van der Waals surface area contributed by atoms with Crippen molar-refractivity contribution in [1.82, 2.24) is 9.88 Å². The van der Waals surface area contributed by atoms with Gasteiger partial charge < -0.3 is 15.4 Å². The molecule has 114 valence electrons. The van der Waals surface area contributed by atoms with Gasteiger partial charge in [0.15, 0.2) is 0 Å². The predicted molar refractivity (Wildman–Crippen MR) is 85.4 cm³/mol. The molecule has 0 atom stereocenters. The third-order valence-corrected chi connectivity index (χ3v) is 4.00. The molecule has 2 N–H and O–H groups in total. The molecular weight excluding hydrogens is 325 g/mol. The average Bonchev–Trinajstić information content (AvgIpc) is 2.46. The van der Waals surface area contributed by atoms with Gasteiger partial charge in [-0.25, -0.2) is 4.98 Å². The van der Waals surface area contributed by atoms with Crippen molar-refractivity contribution in [2.45, 2.75) is 6.10 Å². The fraction of sp³-hybridized carbons (Fsp3) is 0.200. The van der Waals surface area contributed by atoms with Crippen molar-refractivity contribution in [3.63, 3.8) is 0 Å². The second-order valence-electron chi connectivity index (χ2n) is 4.97. The number of pyridine rings is 1. The molecule has 0 aliphatic carbocycles. The molecule has 1 aliphatic rings. The van der Waals surface area contributed by atoms with E-state index in [0.29, 0.717) is 29.4 Å². The molecule has 1 aromatic heterocycles. The van der Waals surface area contributed by atoms with Crippen LogP contribution in [0.2, 0.25) is 10.0 Å². The lowest BCUT2D eigenvalue weighted by molar-refractivity contribution is 0.0178. The first kappa shape index (κ1) is 14.9. The van der Waals surface area contributed by atoms with Crippen molar-refractivity contribution >= 4 is 34.9 Å². The Morgan fingerprint density at radius 1 is 1.27 bits per heavy atom. The van der Waals surface area contributed by atoms with Crippen LogP contribution in [-0.2, 0) is 0 Å². The van der Waals surface area contributed by atoms with Gasteiger partial charge in [-0.05, 0) is 18.2 Å². The number of ether oxygens (including phenoxy) is 1. The highest BCUT2D eigenvalue weighted by atomic mass is 35.5. The minimum atomic E-state index is -0.145. The number of anilines is 1. The lowest BCUT2D eigenvalue weighted by atomic mass is 10.1. The van der Waals surface area contributed by atoms with E-state index in [-0.39, 0.29) is 22.9 Å². The second-order valence-corrected chi connectivity index (χ2v) is 5.79. The molecule has 0 bridgehead atoms. The molecule has 5 nitrogen and oxygen atoms in total. The molecule has 0 unspecified atom stereocenters. The molecule has 2 heterocycles. The summed E-state index contributed by atoms with van der Waals surface area (Å²) in [5.74, 6) is 0.689. The van der Waals surface area contributed by atoms with E-state index in [1.54, 1.807) is 17.0 Å². The molecule has 0 spiro atoms. The minimum absolute atomic E-state index is 0.0685. The molecule has 1 saturated heterocycles. The van der Waals surface area contributed by atoms with E-state index in [9.17, 15) is 4.79 Å². The Kier molecular flexibility index (Phi) is 4.09. The maximum Gasteiger partial charge on any atom is 0.255 e. The Morgan fingerprint density at radius 3 is 2.68 bits per heavy atom. The summed E-state index contributed by atoms with van der Waals surface area (Å²) in [4.78, 5) is 17.8. The molecule has 3 rings (SSSR count). The third-order valence-electron chi connectivity index (χ3n) is 3.38. The van der Waals surface area contributed by atoms with Crippen molar-refractivity contribution in [3.8, 4) is 5.75 Å². The summed E-state index contributed by atoms with van der Waals surface area (Å²) in [5, 5.41) is 0.831. The number of para-hydroxylation sites is 1. The van der Waals surface area contributed by atoms with E-state index in [0.717, 1.165) is 0 Å². The number of benzene rings is 1. The van der Waals surface area contributed by atoms with Crippen LogP contribution in [0.3, 0.4) is 0 Å². The van der Waals surface area contributed by atoms with E-state index in [2.05, 4.69) is 4.98 Å². The Hall–Kier alpha value is -1.98. The van der Waals surface area contributed by atoms with Crippen molar-refractivity contribution < 1.29 is 9.53 Å². The number of nitrogen functional groups attached to an aromatic ring is 1. The number of hydrogen-bond acceptors (Lipinski definition) is 4. The van der Waals surface area contributed by atoms with Crippen molar-refractivity contribution in [3.05, 3.63) is 52.1 Å². The molecular formula is C15H13Cl2N3O2. The van der Waals surface area contributed by atoms with Crippen LogP contribution in [0.4, 0.5) is 5.82 Å². The van der Waals surface area contributed by atoms with Gasteiger partial charge in [-0.1, -0.05) is 35.3 Å². The molecule has 2 aromatic rings. The lowest BCUT2D eigenvalue weighted by Crippen LogP contribution is -2.56. The smallest absolute Gasteiger partial charge is 0.255 e. The minimum Gasteiger partial charge on any atom is -0.485 e. The maximum atomic E-state index is 12.3. The predicted octanol–water partition coefficient (Wildman–Crippen LogP) is 2.87. The Balaban J connectivity index is 1.60. The number of aromatic nitrogens is 1. The molecule has 0 radical (unpaired) electrons. The van der Waals surface area contributed by atoms with Crippen LogP contribution in [-0.4, -0.2) is 35.0 Å². The van der Waals surface area contributed by atoms with Crippen LogP contribution in [0, 0.1) is 0 Å². The largest absolute Gasteiger partial charge is 0.485 e. The third kappa shape index (κ3) is 2.96. The average molecular weight is 338 g/mol. The molecule has 22 heavy (non-hydrogen) atoms. The van der Waals surface area contributed by atoms with Gasteiger partial charge in [-0.3, -0.25) is 4.79 Å². The highest BCUT2D eigenvalue weighted by molar-refractivity contribution is 6.33. The first-order valence-corrected chi connectivity index (χ1v) is 7.41. The first-order chi connectivity index (χ1) is 10.5. The van der Waals surface area contributed by atoms with Gasteiger partial charge >= 0.3 is 0 Å². The molecule has 1 fully saturated rings. The van der Waals surface area contributed by atoms with Gasteiger partial charge in [0.2, 0.25) is 0 Å². The monoisotopic (exact) mass is 337 g/mol. The fourth-order valence-corrected chi connectivity index (χ4v) is 2.49. The zero-order valence-corrected chi connectivity index (χ0v) is 13.0. The quantitative estimate of drug-likeness (QED) is 0.934. The number of nitrogens with two attached hydrogens (primary N) is 1. The van der Waals surface area contributed by atoms with Gasteiger partial charge in [0, 0.05) is 6.20 Å². The normalized spacial score (nSPS) is 14.5. The number of carbonyl (C=O) groups excluding carboxylic acids is 1. The van der Waals surface area contributed by atoms with E-state index < -0.39 is 0 Å². The number of likely N-dealkylation sites (tertiary alicyclic amines) is 1. The van der Waals surface area contributed by atoms with Gasteiger partial charge in [0.25, 0.3) is 5.91 Å². The summed E-state index contributed by atoms with van der Waals surface area (Å²) in [6.07, 6.45) is 1.35.